The van der Waals surface area contributed by atoms with Crippen LogP contribution in [0.5, 0.6) is 0 Å². The summed E-state index contributed by atoms with van der Waals surface area (Å²) >= 11 is 13.4. The number of halogens is 2. The second-order valence-electron chi connectivity index (χ2n) is 6.17. The Morgan fingerprint density at radius 3 is 2.64 bits per heavy atom. The van der Waals surface area contributed by atoms with Crippen LogP contribution in [0.3, 0.4) is 0 Å². The Balaban J connectivity index is 2.33. The molecule has 0 saturated carbocycles. The summed E-state index contributed by atoms with van der Waals surface area (Å²) in [6, 6.07) is 5.28. The van der Waals surface area contributed by atoms with Gasteiger partial charge in [-0.25, -0.2) is 4.98 Å². The van der Waals surface area contributed by atoms with Crippen LogP contribution >= 0.6 is 34.5 Å². The maximum Gasteiger partial charge on any atom is 0.298 e. The summed E-state index contributed by atoms with van der Waals surface area (Å²) in [5, 5.41) is 1.56. The first-order valence-electron chi connectivity index (χ1n) is 7.67. The maximum atomic E-state index is 11.7. The van der Waals surface area contributed by atoms with Gasteiger partial charge in [0.05, 0.1) is 22.2 Å². The van der Waals surface area contributed by atoms with E-state index >= 15 is 0 Å². The summed E-state index contributed by atoms with van der Waals surface area (Å²) in [6.45, 7) is 4.21. The van der Waals surface area contributed by atoms with E-state index < -0.39 is 5.91 Å². The van der Waals surface area contributed by atoms with Crippen molar-refractivity contribution in [3.63, 3.8) is 0 Å². The second kappa shape index (κ2) is 6.78. The van der Waals surface area contributed by atoms with Crippen molar-refractivity contribution in [2.24, 2.45) is 11.7 Å². The summed E-state index contributed by atoms with van der Waals surface area (Å²) in [6.07, 6.45) is 0.758. The predicted octanol–water partition coefficient (Wildman–Crippen LogP) is 3.96. The number of nitrogens with two attached hydrogens (primary N) is 2. The van der Waals surface area contributed by atoms with Crippen LogP contribution in [0.4, 0.5) is 5.69 Å². The van der Waals surface area contributed by atoms with Crippen molar-refractivity contribution >= 4 is 56.3 Å². The van der Waals surface area contributed by atoms with Gasteiger partial charge in [-0.15, -0.1) is 0 Å². The van der Waals surface area contributed by atoms with Gasteiger partial charge < -0.3 is 11.5 Å². The van der Waals surface area contributed by atoms with Crippen molar-refractivity contribution in [3.05, 3.63) is 38.9 Å². The molecule has 8 heteroatoms. The lowest BCUT2D eigenvalue weighted by Crippen LogP contribution is -2.17. The monoisotopic (exact) mass is 395 g/mol. The highest BCUT2D eigenvalue weighted by atomic mass is 35.5. The number of nitrogens with one attached hydrogen (secondary N) is 1. The van der Waals surface area contributed by atoms with Gasteiger partial charge >= 0.3 is 0 Å². The molecule has 1 aromatic carbocycles. The van der Waals surface area contributed by atoms with Gasteiger partial charge in [0.25, 0.3) is 11.7 Å². The minimum Gasteiger partial charge on any atom is -0.397 e. The lowest BCUT2D eigenvalue weighted by molar-refractivity contribution is -0.360. The third-order valence-corrected chi connectivity index (χ3v) is 5.58. The van der Waals surface area contributed by atoms with Crippen molar-refractivity contribution in [1.82, 2.24) is 4.98 Å². The molecule has 0 saturated heterocycles. The molecule has 0 spiro atoms. The molecule has 0 bridgehead atoms. The number of thiophene rings is 1. The second-order valence-corrected chi connectivity index (χ2v) is 8.01. The van der Waals surface area contributed by atoms with Crippen molar-refractivity contribution in [1.29, 1.82) is 0 Å². The van der Waals surface area contributed by atoms with Crippen LogP contribution in [0, 0.1) is 5.92 Å². The first kappa shape index (κ1) is 17.9. The summed E-state index contributed by atoms with van der Waals surface area (Å²) in [7, 11) is 0. The van der Waals surface area contributed by atoms with E-state index in [-0.39, 0.29) is 0 Å². The highest BCUT2D eigenvalue weighted by Crippen LogP contribution is 2.38. The Kier molecular flexibility index (Phi) is 4.86. The van der Waals surface area contributed by atoms with E-state index in [1.807, 2.05) is 6.07 Å². The van der Waals surface area contributed by atoms with Crippen molar-refractivity contribution < 1.29 is 9.78 Å². The zero-order valence-electron chi connectivity index (χ0n) is 13.7. The standard InChI is InChI=1S/C17H16Cl2N4OS/c1-7(2)5-11-22-14(8-3-4-9(18)10(19)6-8)12-13(20)15(16(21)24)25-17(12)23-11/h3-4,6-7H,5,20H2,1-2H3,(H2,21,24)/p+1. The molecule has 1 amide bonds. The van der Waals surface area contributed by atoms with Gasteiger partial charge in [0.2, 0.25) is 0 Å². The molecule has 3 rings (SSSR count). The number of H-pyrrole nitrogens is 1. The maximum absolute atomic E-state index is 11.7. The summed E-state index contributed by atoms with van der Waals surface area (Å²) in [4.78, 5) is 20.8. The average molecular weight is 396 g/mol. The van der Waals surface area contributed by atoms with Crippen molar-refractivity contribution in [3.8, 4) is 11.3 Å². The number of aromatic nitrogens is 2. The number of hydrogen-bond donors (Lipinski definition) is 2. The minimum atomic E-state index is -0.558. The van der Waals surface area contributed by atoms with Gasteiger partial charge in [0, 0.05) is 5.56 Å². The van der Waals surface area contributed by atoms with Crippen LogP contribution in [0.1, 0.15) is 29.3 Å². The molecule has 5 nitrogen and oxygen atoms in total. The average Bonchev–Trinajstić information content (AvgIpc) is 2.86. The van der Waals surface area contributed by atoms with Crippen LogP contribution < -0.4 is 16.5 Å². The lowest BCUT2D eigenvalue weighted by atomic mass is 10.1. The number of rotatable bonds is 4. The molecule has 25 heavy (non-hydrogen) atoms. The van der Waals surface area contributed by atoms with E-state index in [0.717, 1.165) is 22.6 Å². The van der Waals surface area contributed by atoms with E-state index in [4.69, 9.17) is 39.7 Å². The van der Waals surface area contributed by atoms with Gasteiger partial charge in [-0.1, -0.05) is 48.4 Å². The van der Waals surface area contributed by atoms with E-state index in [2.05, 4.69) is 18.8 Å². The Morgan fingerprint density at radius 2 is 2.04 bits per heavy atom. The number of amides is 1. The van der Waals surface area contributed by atoms with E-state index in [1.165, 1.54) is 11.3 Å². The topological polar surface area (TPSA) is 96.1 Å². The molecule has 2 heterocycles. The molecule has 130 valence electrons. The van der Waals surface area contributed by atoms with Crippen molar-refractivity contribution in [2.75, 3.05) is 5.73 Å². The number of aromatic amines is 1. The fourth-order valence-electron chi connectivity index (χ4n) is 2.64. The number of benzene rings is 1. The number of nitrogen functional groups attached to an aromatic ring is 1. The SMILES string of the molecule is CC(C)Cc1nc(-c2ccc(Cl)c(Cl)c2)c2c(N)c(C(N)=O)sc2[nH+]1. The molecule has 0 radical (unpaired) electrons. The first-order chi connectivity index (χ1) is 11.8. The molecular weight excluding hydrogens is 379 g/mol. The largest absolute Gasteiger partial charge is 0.397 e. The Morgan fingerprint density at radius 1 is 1.32 bits per heavy atom. The van der Waals surface area contributed by atoms with E-state index in [0.29, 0.717) is 37.6 Å². The lowest BCUT2D eigenvalue weighted by Gasteiger charge is -2.04. The first-order valence-corrected chi connectivity index (χ1v) is 9.24. The summed E-state index contributed by atoms with van der Waals surface area (Å²) < 4.78 is 0. The molecule has 0 aliphatic carbocycles. The fourth-order valence-corrected chi connectivity index (χ4v) is 3.93. The smallest absolute Gasteiger partial charge is 0.298 e. The van der Waals surface area contributed by atoms with E-state index in [9.17, 15) is 4.79 Å². The van der Waals surface area contributed by atoms with Gasteiger partial charge in [-0.05, 0) is 29.1 Å². The normalized spacial score (nSPS) is 11.4. The summed E-state index contributed by atoms with van der Waals surface area (Å²) in [5.74, 6) is 0.661. The van der Waals surface area contributed by atoms with Crippen LogP contribution in [-0.2, 0) is 6.42 Å². The third kappa shape index (κ3) is 3.42. The predicted molar refractivity (Wildman–Crippen MR) is 103 cm³/mol. The quantitative estimate of drug-likeness (QED) is 0.699. The number of carbonyl (C=O) groups is 1. The zero-order chi connectivity index (χ0) is 18.3. The van der Waals surface area contributed by atoms with Crippen LogP contribution in [0.25, 0.3) is 21.5 Å². The minimum absolute atomic E-state index is 0.316. The molecule has 0 fully saturated rings. The Bertz CT molecular complexity index is 984. The molecule has 0 atom stereocenters. The van der Waals surface area contributed by atoms with Gasteiger partial charge in [0.15, 0.2) is 10.5 Å². The Hall–Kier alpha value is -1.89. The van der Waals surface area contributed by atoms with Crippen LogP contribution in [0.15, 0.2) is 18.2 Å². The number of anilines is 1. The number of hydrogen-bond acceptors (Lipinski definition) is 4. The molecular formula is C17H17Cl2N4OS+. The molecule has 2 aromatic heterocycles. The van der Waals surface area contributed by atoms with Crippen molar-refractivity contribution in [2.45, 2.75) is 20.3 Å². The fraction of sp³-hybridized carbons (Fsp3) is 0.235. The highest BCUT2D eigenvalue weighted by Gasteiger charge is 2.26. The number of carbonyl (C=O) groups excluding carboxylic acids is 1. The summed E-state index contributed by atoms with van der Waals surface area (Å²) in [5.41, 5.74) is 13.4. The number of fused-ring (bicyclic) bond motifs is 1. The van der Waals surface area contributed by atoms with Crippen LogP contribution in [0.2, 0.25) is 10.0 Å². The Labute approximate surface area is 159 Å². The zero-order valence-corrected chi connectivity index (χ0v) is 16.0. The number of primary amides is 1. The molecule has 5 N–H and O–H groups in total. The van der Waals surface area contributed by atoms with Gasteiger partial charge in [-0.2, -0.15) is 0 Å². The third-order valence-electron chi connectivity index (χ3n) is 3.70. The molecule has 3 aromatic rings. The van der Waals surface area contributed by atoms with E-state index in [1.54, 1.807) is 12.1 Å². The molecule has 0 aliphatic heterocycles. The van der Waals surface area contributed by atoms with Crippen LogP contribution in [-0.4, -0.2) is 10.9 Å². The molecule has 0 unspecified atom stereocenters. The molecule has 0 aliphatic rings. The van der Waals surface area contributed by atoms with Gasteiger partial charge in [0.1, 0.15) is 10.3 Å². The van der Waals surface area contributed by atoms with Gasteiger partial charge in [-0.3, -0.25) is 4.79 Å². The number of nitrogens with zero attached hydrogens (tertiary/aromatic N) is 1. The highest BCUT2D eigenvalue weighted by molar-refractivity contribution is 7.20.